The SMILES string of the molecule is C=CCOc1cnc(C(C)C)nc1C(=O)O. The van der Waals surface area contributed by atoms with E-state index in [2.05, 4.69) is 16.5 Å². The number of nitrogens with zero attached hydrogens (tertiary/aromatic N) is 2. The van der Waals surface area contributed by atoms with Crippen LogP contribution in [0.4, 0.5) is 0 Å². The van der Waals surface area contributed by atoms with Gasteiger partial charge < -0.3 is 9.84 Å². The fraction of sp³-hybridized carbons (Fsp3) is 0.364. The van der Waals surface area contributed by atoms with Gasteiger partial charge in [0.15, 0.2) is 11.4 Å². The maximum absolute atomic E-state index is 11.0. The lowest BCUT2D eigenvalue weighted by Crippen LogP contribution is -2.10. The van der Waals surface area contributed by atoms with E-state index in [-0.39, 0.29) is 24.0 Å². The summed E-state index contributed by atoms with van der Waals surface area (Å²) in [7, 11) is 0. The van der Waals surface area contributed by atoms with E-state index in [4.69, 9.17) is 9.84 Å². The maximum Gasteiger partial charge on any atom is 0.358 e. The molecule has 1 N–H and O–H groups in total. The van der Waals surface area contributed by atoms with Crippen LogP contribution in [0.5, 0.6) is 5.75 Å². The van der Waals surface area contributed by atoms with E-state index < -0.39 is 5.97 Å². The second-order valence-electron chi connectivity index (χ2n) is 3.50. The number of rotatable bonds is 5. The van der Waals surface area contributed by atoms with Gasteiger partial charge in [-0.25, -0.2) is 14.8 Å². The molecule has 5 heteroatoms. The molecule has 86 valence electrons. The van der Waals surface area contributed by atoms with Crippen molar-refractivity contribution in [3.05, 3.63) is 30.4 Å². The molecule has 0 bridgehead atoms. The molecule has 16 heavy (non-hydrogen) atoms. The molecule has 0 saturated carbocycles. The molecule has 1 aromatic rings. The Hall–Kier alpha value is -1.91. The summed E-state index contributed by atoms with van der Waals surface area (Å²) in [5.41, 5.74) is -0.111. The highest BCUT2D eigenvalue weighted by Crippen LogP contribution is 2.18. The number of carbonyl (C=O) groups is 1. The second kappa shape index (κ2) is 5.25. The monoisotopic (exact) mass is 222 g/mol. The van der Waals surface area contributed by atoms with Crippen molar-refractivity contribution in [2.45, 2.75) is 19.8 Å². The molecule has 0 amide bonds. The first-order valence-electron chi connectivity index (χ1n) is 4.90. The average Bonchev–Trinajstić information content (AvgIpc) is 2.25. The van der Waals surface area contributed by atoms with Crippen LogP contribution < -0.4 is 4.74 Å². The molecular formula is C11H14N2O3. The highest BCUT2D eigenvalue weighted by molar-refractivity contribution is 5.88. The minimum atomic E-state index is -1.12. The Morgan fingerprint density at radius 2 is 2.38 bits per heavy atom. The first-order chi connectivity index (χ1) is 7.56. The first-order valence-corrected chi connectivity index (χ1v) is 4.90. The van der Waals surface area contributed by atoms with E-state index in [9.17, 15) is 4.79 Å². The summed E-state index contributed by atoms with van der Waals surface area (Å²) in [4.78, 5) is 19.0. The van der Waals surface area contributed by atoms with E-state index in [0.29, 0.717) is 5.82 Å². The van der Waals surface area contributed by atoms with E-state index >= 15 is 0 Å². The molecule has 5 nitrogen and oxygen atoms in total. The number of aromatic carboxylic acids is 1. The predicted octanol–water partition coefficient (Wildman–Crippen LogP) is 1.86. The van der Waals surface area contributed by atoms with Gasteiger partial charge in [-0.15, -0.1) is 0 Å². The number of carboxylic acid groups (broad SMARTS) is 1. The number of aromatic nitrogens is 2. The molecule has 1 heterocycles. The molecule has 0 radical (unpaired) electrons. The van der Waals surface area contributed by atoms with Crippen LogP contribution in [-0.4, -0.2) is 27.7 Å². The van der Waals surface area contributed by atoms with Crippen molar-refractivity contribution in [2.24, 2.45) is 0 Å². The third-order valence-corrected chi connectivity index (χ3v) is 1.85. The fourth-order valence-corrected chi connectivity index (χ4v) is 1.07. The van der Waals surface area contributed by atoms with E-state index in [1.807, 2.05) is 13.8 Å². The van der Waals surface area contributed by atoms with Crippen molar-refractivity contribution in [3.8, 4) is 5.75 Å². The summed E-state index contributed by atoms with van der Waals surface area (Å²) in [6, 6.07) is 0. The van der Waals surface area contributed by atoms with Gasteiger partial charge in [0.25, 0.3) is 0 Å². The van der Waals surface area contributed by atoms with E-state index in [1.54, 1.807) is 0 Å². The normalized spacial score (nSPS) is 10.2. The lowest BCUT2D eigenvalue weighted by molar-refractivity contribution is 0.0685. The van der Waals surface area contributed by atoms with Crippen LogP contribution in [0.2, 0.25) is 0 Å². The summed E-state index contributed by atoms with van der Waals surface area (Å²) >= 11 is 0. The molecule has 0 unspecified atom stereocenters. The second-order valence-corrected chi connectivity index (χ2v) is 3.50. The molecule has 0 saturated heterocycles. The molecule has 1 aromatic heterocycles. The van der Waals surface area contributed by atoms with Crippen molar-refractivity contribution < 1.29 is 14.6 Å². The summed E-state index contributed by atoms with van der Waals surface area (Å²) < 4.78 is 5.16. The van der Waals surface area contributed by atoms with E-state index in [1.165, 1.54) is 12.3 Å². The fourth-order valence-electron chi connectivity index (χ4n) is 1.07. The molecule has 0 aliphatic rings. The van der Waals surface area contributed by atoms with Crippen LogP contribution in [0.25, 0.3) is 0 Å². The summed E-state index contributed by atoms with van der Waals surface area (Å²) in [6.07, 6.45) is 2.91. The van der Waals surface area contributed by atoms with Gasteiger partial charge in [-0.2, -0.15) is 0 Å². The molecule has 0 fully saturated rings. The number of carboxylic acids is 1. The zero-order valence-corrected chi connectivity index (χ0v) is 9.30. The van der Waals surface area contributed by atoms with Crippen LogP contribution in [0.15, 0.2) is 18.9 Å². The quantitative estimate of drug-likeness (QED) is 0.770. The zero-order chi connectivity index (χ0) is 12.1. The smallest absolute Gasteiger partial charge is 0.358 e. The summed E-state index contributed by atoms with van der Waals surface area (Å²) in [6.45, 7) is 7.50. The highest BCUT2D eigenvalue weighted by Gasteiger charge is 2.16. The predicted molar refractivity (Wildman–Crippen MR) is 58.8 cm³/mol. The van der Waals surface area contributed by atoms with Gasteiger partial charge in [0.2, 0.25) is 0 Å². The number of ether oxygens (including phenoxy) is 1. The Morgan fingerprint density at radius 1 is 1.69 bits per heavy atom. The van der Waals surface area contributed by atoms with Crippen LogP contribution in [0.1, 0.15) is 36.1 Å². The lowest BCUT2D eigenvalue weighted by atomic mass is 10.2. The zero-order valence-electron chi connectivity index (χ0n) is 9.30. The van der Waals surface area contributed by atoms with Crippen LogP contribution in [-0.2, 0) is 0 Å². The van der Waals surface area contributed by atoms with Crippen molar-refractivity contribution in [2.75, 3.05) is 6.61 Å². The Labute approximate surface area is 93.8 Å². The molecule has 0 spiro atoms. The average molecular weight is 222 g/mol. The van der Waals surface area contributed by atoms with Crippen molar-refractivity contribution >= 4 is 5.97 Å². The number of hydrogen-bond acceptors (Lipinski definition) is 4. The molecule has 0 atom stereocenters. The van der Waals surface area contributed by atoms with Crippen LogP contribution in [0, 0.1) is 0 Å². The molecule has 0 aromatic carbocycles. The Morgan fingerprint density at radius 3 is 2.88 bits per heavy atom. The minimum Gasteiger partial charge on any atom is -0.485 e. The van der Waals surface area contributed by atoms with Crippen molar-refractivity contribution in [1.82, 2.24) is 9.97 Å². The molecule has 0 aliphatic carbocycles. The summed E-state index contributed by atoms with van der Waals surface area (Å²) in [5, 5.41) is 8.98. The van der Waals surface area contributed by atoms with Crippen LogP contribution >= 0.6 is 0 Å². The Kier molecular flexibility index (Phi) is 3.99. The lowest BCUT2D eigenvalue weighted by Gasteiger charge is -2.09. The van der Waals surface area contributed by atoms with Gasteiger partial charge >= 0.3 is 5.97 Å². The molecular weight excluding hydrogens is 208 g/mol. The van der Waals surface area contributed by atoms with Gasteiger partial charge in [-0.05, 0) is 0 Å². The minimum absolute atomic E-state index is 0.0755. The summed E-state index contributed by atoms with van der Waals surface area (Å²) in [5.74, 6) is -0.393. The highest BCUT2D eigenvalue weighted by atomic mass is 16.5. The van der Waals surface area contributed by atoms with Gasteiger partial charge in [0, 0.05) is 5.92 Å². The Bertz CT molecular complexity index is 402. The van der Waals surface area contributed by atoms with Crippen molar-refractivity contribution in [1.29, 1.82) is 0 Å². The topological polar surface area (TPSA) is 72.3 Å². The van der Waals surface area contributed by atoms with E-state index in [0.717, 1.165) is 0 Å². The van der Waals surface area contributed by atoms with Gasteiger partial charge in [0.05, 0.1) is 6.20 Å². The van der Waals surface area contributed by atoms with Crippen molar-refractivity contribution in [3.63, 3.8) is 0 Å². The van der Waals surface area contributed by atoms with Gasteiger partial charge in [0.1, 0.15) is 12.4 Å². The van der Waals surface area contributed by atoms with Gasteiger partial charge in [-0.1, -0.05) is 26.5 Å². The third kappa shape index (κ3) is 2.79. The van der Waals surface area contributed by atoms with Crippen LogP contribution in [0.3, 0.4) is 0 Å². The maximum atomic E-state index is 11.0. The number of hydrogen-bond donors (Lipinski definition) is 1. The first kappa shape index (κ1) is 12.2. The standard InChI is InChI=1S/C11H14N2O3/c1-4-5-16-8-6-12-10(7(2)3)13-9(8)11(14)15/h4,6-7H,1,5H2,2-3H3,(H,14,15). The Balaban J connectivity index is 3.09. The third-order valence-electron chi connectivity index (χ3n) is 1.85. The van der Waals surface area contributed by atoms with Gasteiger partial charge in [-0.3, -0.25) is 0 Å². The molecule has 0 aliphatic heterocycles. The molecule has 1 rings (SSSR count). The largest absolute Gasteiger partial charge is 0.485 e.